The van der Waals surface area contributed by atoms with Crippen molar-refractivity contribution in [3.63, 3.8) is 0 Å². The number of carbonyl (C=O) groups is 1. The van der Waals surface area contributed by atoms with Gasteiger partial charge < -0.3 is 15.1 Å². The van der Waals surface area contributed by atoms with Crippen molar-refractivity contribution in [3.05, 3.63) is 11.5 Å². The second kappa shape index (κ2) is 4.64. The van der Waals surface area contributed by atoms with Crippen LogP contribution in [0.25, 0.3) is 0 Å². The predicted molar refractivity (Wildman–Crippen MR) is 45.9 cm³/mol. The largest absolute Gasteiger partial charge is 0.481 e. The van der Waals surface area contributed by atoms with Crippen molar-refractivity contribution in [3.8, 4) is 0 Å². The number of aliphatic hydroxyl groups is 2. The van der Waals surface area contributed by atoms with Gasteiger partial charge in [0.2, 0.25) is 0 Å². The average Bonchev–Trinajstić information content (AvgIpc) is 1.98. The maximum atomic E-state index is 11.2. The molecule has 4 heteroatoms. The van der Waals surface area contributed by atoms with Gasteiger partial charge in [-0.25, -0.2) is 0 Å². The maximum Gasteiger partial charge on any atom is 0.283 e. The van der Waals surface area contributed by atoms with Gasteiger partial charge in [0.05, 0.1) is 5.57 Å². The second-order valence-electron chi connectivity index (χ2n) is 2.75. The first kappa shape index (κ1) is 10.8. The molecule has 0 unspecified atom stereocenters. The van der Waals surface area contributed by atoms with Gasteiger partial charge in [-0.1, -0.05) is 13.3 Å². The summed E-state index contributed by atoms with van der Waals surface area (Å²) in [4.78, 5) is 12.5. The van der Waals surface area contributed by atoms with Gasteiger partial charge in [0.1, 0.15) is 0 Å². The smallest absolute Gasteiger partial charge is 0.283 e. The molecule has 1 amide bonds. The van der Waals surface area contributed by atoms with Crippen LogP contribution in [-0.4, -0.2) is 35.1 Å². The van der Waals surface area contributed by atoms with Crippen molar-refractivity contribution in [1.82, 2.24) is 4.90 Å². The molecule has 0 aromatic heterocycles. The van der Waals surface area contributed by atoms with Gasteiger partial charge in [-0.3, -0.25) is 4.79 Å². The Hall–Kier alpha value is -1.19. The Morgan fingerprint density at radius 1 is 1.33 bits per heavy atom. The fourth-order valence-corrected chi connectivity index (χ4v) is 0.834. The fourth-order valence-electron chi connectivity index (χ4n) is 0.834. The molecule has 2 N–H and O–H groups in total. The van der Waals surface area contributed by atoms with Gasteiger partial charge in [-0.15, -0.1) is 0 Å². The zero-order valence-corrected chi connectivity index (χ0v) is 7.66. The number of likely N-dealkylation sites (N-methyl/N-ethyl adjacent to an activating group) is 1. The third-order valence-corrected chi connectivity index (χ3v) is 1.43. The SMILES string of the molecule is CCCC(C(=O)N(C)C)=C(O)O. The zero-order chi connectivity index (χ0) is 9.72. The van der Waals surface area contributed by atoms with Gasteiger partial charge in [0.15, 0.2) is 0 Å². The van der Waals surface area contributed by atoms with E-state index in [0.717, 1.165) is 0 Å². The van der Waals surface area contributed by atoms with E-state index in [1.807, 2.05) is 6.92 Å². The summed E-state index contributed by atoms with van der Waals surface area (Å²) in [7, 11) is 3.14. The van der Waals surface area contributed by atoms with Crippen molar-refractivity contribution in [2.75, 3.05) is 14.1 Å². The minimum atomic E-state index is -0.865. The molecule has 0 spiro atoms. The summed E-state index contributed by atoms with van der Waals surface area (Å²) in [5.74, 6) is -1.22. The van der Waals surface area contributed by atoms with E-state index in [2.05, 4.69) is 0 Å². The molecule has 0 aliphatic heterocycles. The molecular weight excluding hydrogens is 158 g/mol. The summed E-state index contributed by atoms with van der Waals surface area (Å²) in [5, 5.41) is 17.5. The number of aliphatic hydroxyl groups excluding tert-OH is 1. The number of amides is 1. The standard InChI is InChI=1S/C8H15NO3/c1-4-5-6(8(11)12)7(10)9(2)3/h11-12H,4-5H2,1-3H3. The van der Waals surface area contributed by atoms with Gasteiger partial charge in [0, 0.05) is 14.1 Å². The highest BCUT2D eigenvalue weighted by molar-refractivity contribution is 5.93. The zero-order valence-electron chi connectivity index (χ0n) is 7.66. The minimum absolute atomic E-state index is 0.0718. The molecule has 0 fully saturated rings. The average molecular weight is 173 g/mol. The van der Waals surface area contributed by atoms with E-state index in [1.165, 1.54) is 4.90 Å². The minimum Gasteiger partial charge on any atom is -0.481 e. The van der Waals surface area contributed by atoms with Crippen LogP contribution in [0.5, 0.6) is 0 Å². The highest BCUT2D eigenvalue weighted by atomic mass is 16.5. The molecule has 0 aromatic rings. The summed E-state index contributed by atoms with van der Waals surface area (Å²) in [6, 6.07) is 0. The Labute approximate surface area is 72.1 Å². The molecule has 0 bridgehead atoms. The Morgan fingerprint density at radius 2 is 1.83 bits per heavy atom. The molecule has 12 heavy (non-hydrogen) atoms. The fraction of sp³-hybridized carbons (Fsp3) is 0.625. The van der Waals surface area contributed by atoms with E-state index in [4.69, 9.17) is 10.2 Å². The molecule has 0 saturated carbocycles. The Kier molecular flexibility index (Phi) is 4.18. The van der Waals surface area contributed by atoms with E-state index < -0.39 is 5.95 Å². The van der Waals surface area contributed by atoms with E-state index in [1.54, 1.807) is 14.1 Å². The lowest BCUT2D eigenvalue weighted by Crippen LogP contribution is -2.24. The van der Waals surface area contributed by atoms with Crippen LogP contribution in [0.2, 0.25) is 0 Å². The van der Waals surface area contributed by atoms with Crippen molar-refractivity contribution in [2.24, 2.45) is 0 Å². The Bertz CT molecular complexity index is 192. The van der Waals surface area contributed by atoms with Crippen LogP contribution >= 0.6 is 0 Å². The number of rotatable bonds is 3. The molecule has 0 heterocycles. The maximum absolute atomic E-state index is 11.2. The van der Waals surface area contributed by atoms with Gasteiger partial charge >= 0.3 is 0 Å². The van der Waals surface area contributed by atoms with Crippen LogP contribution in [0.1, 0.15) is 19.8 Å². The second-order valence-corrected chi connectivity index (χ2v) is 2.75. The van der Waals surface area contributed by atoms with Crippen LogP contribution in [-0.2, 0) is 4.79 Å². The first-order valence-electron chi connectivity index (χ1n) is 3.83. The molecule has 0 aromatic carbocycles. The van der Waals surface area contributed by atoms with E-state index in [-0.39, 0.29) is 11.5 Å². The monoisotopic (exact) mass is 173 g/mol. The van der Waals surface area contributed by atoms with E-state index >= 15 is 0 Å². The first-order chi connectivity index (χ1) is 5.50. The topological polar surface area (TPSA) is 60.8 Å². The molecule has 0 saturated heterocycles. The van der Waals surface area contributed by atoms with E-state index in [9.17, 15) is 4.79 Å². The third kappa shape index (κ3) is 2.82. The van der Waals surface area contributed by atoms with Gasteiger partial charge in [-0.2, -0.15) is 0 Å². The van der Waals surface area contributed by atoms with E-state index in [0.29, 0.717) is 12.8 Å². The molecular formula is C8H15NO3. The first-order valence-corrected chi connectivity index (χ1v) is 3.83. The number of carbonyl (C=O) groups excluding carboxylic acids is 1. The van der Waals surface area contributed by atoms with Crippen molar-refractivity contribution in [2.45, 2.75) is 19.8 Å². The summed E-state index contributed by atoms with van der Waals surface area (Å²) < 4.78 is 0. The van der Waals surface area contributed by atoms with Crippen LogP contribution in [0.3, 0.4) is 0 Å². The van der Waals surface area contributed by atoms with Crippen molar-refractivity contribution < 1.29 is 15.0 Å². The van der Waals surface area contributed by atoms with Crippen LogP contribution < -0.4 is 0 Å². The molecule has 0 radical (unpaired) electrons. The third-order valence-electron chi connectivity index (χ3n) is 1.43. The summed E-state index contributed by atoms with van der Waals surface area (Å²) in [6.07, 6.45) is 1.10. The van der Waals surface area contributed by atoms with Crippen molar-refractivity contribution >= 4 is 5.91 Å². The summed E-state index contributed by atoms with van der Waals surface area (Å²) in [6.45, 7) is 1.87. The number of nitrogens with zero attached hydrogens (tertiary/aromatic N) is 1. The molecule has 0 atom stereocenters. The van der Waals surface area contributed by atoms with Crippen LogP contribution in [0.4, 0.5) is 0 Å². The van der Waals surface area contributed by atoms with Gasteiger partial charge in [-0.05, 0) is 6.42 Å². The molecule has 0 aliphatic carbocycles. The quantitative estimate of drug-likeness (QED) is 0.498. The molecule has 70 valence electrons. The molecule has 0 aliphatic rings. The lowest BCUT2D eigenvalue weighted by Gasteiger charge is -2.12. The lowest BCUT2D eigenvalue weighted by molar-refractivity contribution is -0.125. The molecule has 0 rings (SSSR count). The Morgan fingerprint density at radius 3 is 2.08 bits per heavy atom. The predicted octanol–water partition coefficient (Wildman–Crippen LogP) is 1.20. The van der Waals surface area contributed by atoms with Crippen molar-refractivity contribution in [1.29, 1.82) is 0 Å². The highest BCUT2D eigenvalue weighted by Gasteiger charge is 2.15. The Balaban J connectivity index is 4.54. The highest BCUT2D eigenvalue weighted by Crippen LogP contribution is 2.09. The lowest BCUT2D eigenvalue weighted by atomic mass is 10.1. The summed E-state index contributed by atoms with van der Waals surface area (Å²) in [5.41, 5.74) is 0.0718. The molecule has 4 nitrogen and oxygen atoms in total. The number of hydrogen-bond donors (Lipinski definition) is 2. The van der Waals surface area contributed by atoms with Gasteiger partial charge in [0.25, 0.3) is 11.9 Å². The number of hydrogen-bond acceptors (Lipinski definition) is 3. The van der Waals surface area contributed by atoms with Crippen LogP contribution in [0, 0.1) is 0 Å². The van der Waals surface area contributed by atoms with Crippen LogP contribution in [0.15, 0.2) is 11.5 Å². The normalized spacial score (nSPS) is 9.25. The summed E-state index contributed by atoms with van der Waals surface area (Å²) >= 11 is 0.